The summed E-state index contributed by atoms with van der Waals surface area (Å²) in [6.07, 6.45) is 4.53. The Morgan fingerprint density at radius 2 is 2.36 bits per heavy atom. The van der Waals surface area contributed by atoms with Crippen LogP contribution in [0.1, 0.15) is 5.82 Å². The van der Waals surface area contributed by atoms with Gasteiger partial charge in [0.25, 0.3) is 5.82 Å². The van der Waals surface area contributed by atoms with Gasteiger partial charge in [0, 0.05) is 12.4 Å². The minimum Gasteiger partial charge on any atom is -0.263 e. The fourth-order valence-corrected chi connectivity index (χ4v) is 1.19. The summed E-state index contributed by atoms with van der Waals surface area (Å²) in [5.74, 6) is 0.109. The minimum atomic E-state index is 0.109. The third-order valence-corrected chi connectivity index (χ3v) is 1.88. The highest BCUT2D eigenvalue weighted by atomic mass is 35.5. The Balaban J connectivity index is 2.51. The Labute approximate surface area is 84.6 Å². The van der Waals surface area contributed by atoms with Crippen LogP contribution < -0.4 is 0 Å². The van der Waals surface area contributed by atoms with E-state index in [0.29, 0.717) is 10.7 Å². The van der Waals surface area contributed by atoms with Crippen LogP contribution >= 0.6 is 11.6 Å². The second-order valence-electron chi connectivity index (χ2n) is 2.45. The summed E-state index contributed by atoms with van der Waals surface area (Å²) in [4.78, 5) is 7.60. The summed E-state index contributed by atoms with van der Waals surface area (Å²) >= 11 is 5.88. The molecule has 0 atom stereocenters. The lowest BCUT2D eigenvalue weighted by molar-refractivity contribution is 0.870. The first-order valence-corrected chi connectivity index (χ1v) is 4.10. The molecule has 0 aliphatic heterocycles. The van der Waals surface area contributed by atoms with Crippen molar-refractivity contribution in [1.29, 1.82) is 5.26 Å². The van der Waals surface area contributed by atoms with Gasteiger partial charge >= 0.3 is 0 Å². The van der Waals surface area contributed by atoms with Gasteiger partial charge in [-0.25, -0.2) is 9.67 Å². The van der Waals surface area contributed by atoms with Gasteiger partial charge in [0.2, 0.25) is 0 Å². The van der Waals surface area contributed by atoms with Crippen LogP contribution in [0, 0.1) is 11.3 Å². The first kappa shape index (κ1) is 8.66. The van der Waals surface area contributed by atoms with E-state index in [4.69, 9.17) is 16.9 Å². The van der Waals surface area contributed by atoms with Crippen LogP contribution in [-0.4, -0.2) is 19.7 Å². The van der Waals surface area contributed by atoms with E-state index in [2.05, 4.69) is 15.1 Å². The molecule has 0 aromatic carbocycles. The highest BCUT2D eigenvalue weighted by molar-refractivity contribution is 6.32. The van der Waals surface area contributed by atoms with Gasteiger partial charge in [-0.05, 0) is 6.07 Å². The fraction of sp³-hybridized carbons (Fsp3) is 0. The molecule has 0 amide bonds. The second kappa shape index (κ2) is 3.44. The quantitative estimate of drug-likeness (QED) is 0.701. The molecule has 0 N–H and O–H groups in total. The Morgan fingerprint density at radius 3 is 3.00 bits per heavy atom. The Kier molecular flexibility index (Phi) is 2.13. The van der Waals surface area contributed by atoms with Crippen molar-refractivity contribution in [1.82, 2.24) is 19.7 Å². The smallest absolute Gasteiger partial charge is 0.252 e. The Morgan fingerprint density at radius 1 is 1.50 bits per heavy atom. The molecule has 0 aliphatic rings. The van der Waals surface area contributed by atoms with Crippen LogP contribution in [0.4, 0.5) is 0 Å². The average molecular weight is 206 g/mol. The highest BCUT2D eigenvalue weighted by Crippen LogP contribution is 2.16. The molecule has 0 saturated carbocycles. The third kappa shape index (κ3) is 1.43. The number of hydrogen-bond donors (Lipinski definition) is 0. The molecule has 5 nitrogen and oxygen atoms in total. The molecular formula is C8H4ClN5. The van der Waals surface area contributed by atoms with Crippen molar-refractivity contribution in [3.8, 4) is 11.8 Å². The maximum absolute atomic E-state index is 8.53. The van der Waals surface area contributed by atoms with Gasteiger partial charge in [0.1, 0.15) is 12.4 Å². The van der Waals surface area contributed by atoms with Crippen LogP contribution in [0.2, 0.25) is 5.02 Å². The van der Waals surface area contributed by atoms with E-state index in [9.17, 15) is 0 Å². The van der Waals surface area contributed by atoms with Gasteiger partial charge < -0.3 is 0 Å². The minimum absolute atomic E-state index is 0.109. The first-order chi connectivity index (χ1) is 6.81. The summed E-state index contributed by atoms with van der Waals surface area (Å²) in [5.41, 5.74) is 0.649. The van der Waals surface area contributed by atoms with Crippen LogP contribution in [0.25, 0.3) is 5.69 Å². The maximum atomic E-state index is 8.53. The molecular weight excluding hydrogens is 202 g/mol. The predicted octanol–water partition coefficient (Wildman–Crippen LogP) is 1.19. The van der Waals surface area contributed by atoms with Crippen molar-refractivity contribution in [2.45, 2.75) is 0 Å². The van der Waals surface area contributed by atoms with Crippen LogP contribution in [0.5, 0.6) is 0 Å². The molecule has 68 valence electrons. The molecule has 2 aromatic rings. The summed E-state index contributed by atoms with van der Waals surface area (Å²) in [7, 11) is 0. The third-order valence-electron chi connectivity index (χ3n) is 1.59. The number of aromatic nitrogens is 4. The fourth-order valence-electron chi connectivity index (χ4n) is 0.984. The van der Waals surface area contributed by atoms with Crippen LogP contribution in [0.15, 0.2) is 24.8 Å². The molecule has 14 heavy (non-hydrogen) atoms. The zero-order valence-corrected chi connectivity index (χ0v) is 7.68. The molecule has 0 saturated heterocycles. The summed E-state index contributed by atoms with van der Waals surface area (Å²) in [6.45, 7) is 0. The van der Waals surface area contributed by atoms with E-state index in [1.807, 2.05) is 6.07 Å². The van der Waals surface area contributed by atoms with Gasteiger partial charge in [-0.2, -0.15) is 5.26 Å². The zero-order valence-electron chi connectivity index (χ0n) is 6.92. The summed E-state index contributed by atoms with van der Waals surface area (Å²) < 4.78 is 1.43. The van der Waals surface area contributed by atoms with E-state index in [1.54, 1.807) is 12.3 Å². The Hall–Kier alpha value is -1.93. The monoisotopic (exact) mass is 205 g/mol. The number of pyridine rings is 1. The molecule has 0 radical (unpaired) electrons. The SMILES string of the molecule is N#Cc1ncn(-c2ccncc2Cl)n1. The molecule has 0 unspecified atom stereocenters. The maximum Gasteiger partial charge on any atom is 0.252 e. The number of halogens is 1. The van der Waals surface area contributed by atoms with Crippen molar-refractivity contribution in [3.05, 3.63) is 35.6 Å². The van der Waals surface area contributed by atoms with E-state index in [-0.39, 0.29) is 5.82 Å². The topological polar surface area (TPSA) is 67.4 Å². The number of rotatable bonds is 1. The van der Waals surface area contributed by atoms with Crippen molar-refractivity contribution in [2.75, 3.05) is 0 Å². The average Bonchev–Trinajstić information content (AvgIpc) is 2.67. The van der Waals surface area contributed by atoms with E-state index < -0.39 is 0 Å². The van der Waals surface area contributed by atoms with Crippen LogP contribution in [-0.2, 0) is 0 Å². The molecule has 2 rings (SSSR count). The summed E-state index contributed by atoms with van der Waals surface area (Å²) in [5, 5.41) is 12.9. The number of hydrogen-bond acceptors (Lipinski definition) is 4. The van der Waals surface area contributed by atoms with Gasteiger partial charge in [-0.15, -0.1) is 5.10 Å². The molecule has 0 fully saturated rings. The van der Waals surface area contributed by atoms with Crippen molar-refractivity contribution in [2.24, 2.45) is 0 Å². The first-order valence-electron chi connectivity index (χ1n) is 3.73. The number of nitriles is 1. The predicted molar refractivity (Wildman–Crippen MR) is 48.9 cm³/mol. The van der Waals surface area contributed by atoms with Gasteiger partial charge in [-0.1, -0.05) is 11.6 Å². The van der Waals surface area contributed by atoms with Crippen molar-refractivity contribution >= 4 is 11.6 Å². The van der Waals surface area contributed by atoms with E-state index in [1.165, 1.54) is 17.2 Å². The normalized spacial score (nSPS) is 9.71. The van der Waals surface area contributed by atoms with Gasteiger partial charge in [0.05, 0.1) is 10.7 Å². The lowest BCUT2D eigenvalue weighted by Gasteiger charge is -2.00. The van der Waals surface area contributed by atoms with Crippen LogP contribution in [0.3, 0.4) is 0 Å². The molecule has 2 heterocycles. The van der Waals surface area contributed by atoms with Gasteiger partial charge in [-0.3, -0.25) is 4.98 Å². The highest BCUT2D eigenvalue weighted by Gasteiger charge is 2.04. The van der Waals surface area contributed by atoms with Crippen molar-refractivity contribution in [3.63, 3.8) is 0 Å². The van der Waals surface area contributed by atoms with E-state index in [0.717, 1.165) is 0 Å². The Bertz CT molecular complexity index is 498. The standard InChI is InChI=1S/C8H4ClN5/c9-6-4-11-2-1-7(6)14-5-12-8(3-10)13-14/h1-2,4-5H. The lowest BCUT2D eigenvalue weighted by Crippen LogP contribution is -1.96. The zero-order chi connectivity index (χ0) is 9.97. The largest absolute Gasteiger partial charge is 0.263 e. The molecule has 2 aromatic heterocycles. The molecule has 0 aliphatic carbocycles. The van der Waals surface area contributed by atoms with E-state index >= 15 is 0 Å². The molecule has 6 heteroatoms. The lowest BCUT2D eigenvalue weighted by atomic mass is 10.4. The van der Waals surface area contributed by atoms with Crippen molar-refractivity contribution < 1.29 is 0 Å². The second-order valence-corrected chi connectivity index (χ2v) is 2.86. The summed E-state index contributed by atoms with van der Waals surface area (Å²) in [6, 6.07) is 3.53. The van der Waals surface area contributed by atoms with Gasteiger partial charge in [0.15, 0.2) is 0 Å². The molecule has 0 spiro atoms. The number of nitrogens with zero attached hydrogens (tertiary/aromatic N) is 5. The molecule has 0 bridgehead atoms.